The third kappa shape index (κ3) is 4.75. The van der Waals surface area contributed by atoms with Crippen LogP contribution in [0, 0.1) is 0 Å². The Morgan fingerprint density at radius 2 is 1.80 bits per heavy atom. The van der Waals surface area contributed by atoms with E-state index in [1.54, 1.807) is 26.0 Å². The fourth-order valence-corrected chi connectivity index (χ4v) is 2.82. The Morgan fingerprint density at radius 1 is 1.13 bits per heavy atom. The van der Waals surface area contributed by atoms with Gasteiger partial charge >= 0.3 is 11.9 Å². The maximum absolute atomic E-state index is 12.5. The molecule has 2 amide bonds. The molecule has 3 rings (SSSR count). The summed E-state index contributed by atoms with van der Waals surface area (Å²) >= 11 is 0. The zero-order valence-electron chi connectivity index (χ0n) is 16.4. The lowest BCUT2D eigenvalue weighted by molar-refractivity contribution is -0.123. The number of aromatic carboxylic acids is 1. The van der Waals surface area contributed by atoms with Crippen LogP contribution in [0.2, 0.25) is 0 Å². The largest absolute Gasteiger partial charge is 0.482 e. The Hall–Kier alpha value is -3.88. The third-order valence-electron chi connectivity index (χ3n) is 4.20. The van der Waals surface area contributed by atoms with Crippen molar-refractivity contribution in [1.82, 2.24) is 0 Å². The number of hydrogen-bond acceptors (Lipinski definition) is 6. The molecule has 1 heterocycles. The summed E-state index contributed by atoms with van der Waals surface area (Å²) in [6.07, 6.45) is -0.243. The number of nitrogens with one attached hydrogen (secondary N) is 1. The lowest BCUT2D eigenvalue weighted by atomic mass is 10.1. The summed E-state index contributed by atoms with van der Waals surface area (Å²) in [6.45, 7) is 2.92. The molecular formula is C21H20N2O7. The lowest BCUT2D eigenvalue weighted by Gasteiger charge is -2.29. The molecule has 0 saturated heterocycles. The summed E-state index contributed by atoms with van der Waals surface area (Å²) < 4.78 is 10.4. The average Bonchev–Trinajstić information content (AvgIpc) is 2.69. The van der Waals surface area contributed by atoms with E-state index < -0.39 is 23.8 Å². The molecule has 0 saturated carbocycles. The van der Waals surface area contributed by atoms with Crippen molar-refractivity contribution in [1.29, 1.82) is 0 Å². The number of amides is 2. The Kier molecular flexibility index (Phi) is 6.01. The zero-order chi connectivity index (χ0) is 21.8. The summed E-state index contributed by atoms with van der Waals surface area (Å²) in [5.74, 6) is -2.26. The van der Waals surface area contributed by atoms with Gasteiger partial charge in [0, 0.05) is 5.69 Å². The summed E-state index contributed by atoms with van der Waals surface area (Å²) in [5, 5.41) is 11.8. The van der Waals surface area contributed by atoms with Crippen molar-refractivity contribution < 1.29 is 33.8 Å². The smallest absolute Gasteiger partial charge is 0.338 e. The van der Waals surface area contributed by atoms with Crippen molar-refractivity contribution in [2.45, 2.75) is 20.0 Å². The minimum atomic E-state index is -1.16. The molecule has 0 unspecified atom stereocenters. The number of carboxylic acid groups (broad SMARTS) is 1. The van der Waals surface area contributed by atoms with Crippen LogP contribution in [0.15, 0.2) is 42.5 Å². The van der Waals surface area contributed by atoms with Crippen LogP contribution >= 0.6 is 0 Å². The van der Waals surface area contributed by atoms with Gasteiger partial charge in [0.05, 0.1) is 22.9 Å². The Bertz CT molecular complexity index is 999. The monoisotopic (exact) mass is 412 g/mol. The van der Waals surface area contributed by atoms with Crippen LogP contribution in [-0.2, 0) is 14.3 Å². The first kappa shape index (κ1) is 20.8. The van der Waals surface area contributed by atoms with Gasteiger partial charge in [0.2, 0.25) is 5.91 Å². The van der Waals surface area contributed by atoms with E-state index in [0.717, 1.165) is 0 Å². The molecule has 0 aromatic heterocycles. The van der Waals surface area contributed by atoms with Gasteiger partial charge in [-0.2, -0.15) is 0 Å². The second-order valence-electron chi connectivity index (χ2n) is 6.84. The van der Waals surface area contributed by atoms with Gasteiger partial charge in [-0.15, -0.1) is 0 Å². The molecule has 0 bridgehead atoms. The molecule has 2 aromatic rings. The van der Waals surface area contributed by atoms with Crippen molar-refractivity contribution in [3.8, 4) is 5.75 Å². The highest BCUT2D eigenvalue weighted by molar-refractivity contribution is 6.06. The quantitative estimate of drug-likeness (QED) is 0.698. The topological polar surface area (TPSA) is 122 Å². The molecule has 0 spiro atoms. The summed E-state index contributed by atoms with van der Waals surface area (Å²) in [5.41, 5.74) is 0.968. The predicted molar refractivity (Wildman–Crippen MR) is 107 cm³/mol. The van der Waals surface area contributed by atoms with E-state index in [4.69, 9.17) is 14.6 Å². The first-order chi connectivity index (χ1) is 14.2. The molecule has 0 aliphatic carbocycles. The standard InChI is InChI=1S/C21H20N2O7/c1-12(2)30-21(28)13-3-6-15(7-4-13)22-18(24)10-23-16-9-14(20(26)27)5-8-17(16)29-11-19(23)25/h3-9,12H,10-11H2,1-2H3,(H,22,24)(H,26,27). The van der Waals surface area contributed by atoms with Gasteiger partial charge in [0.15, 0.2) is 6.61 Å². The highest BCUT2D eigenvalue weighted by Gasteiger charge is 2.28. The third-order valence-corrected chi connectivity index (χ3v) is 4.20. The highest BCUT2D eigenvalue weighted by atomic mass is 16.5. The fourth-order valence-electron chi connectivity index (χ4n) is 2.82. The normalized spacial score (nSPS) is 12.8. The fraction of sp³-hybridized carbons (Fsp3) is 0.238. The molecule has 0 fully saturated rings. The van der Waals surface area contributed by atoms with Gasteiger partial charge in [-0.25, -0.2) is 9.59 Å². The number of benzene rings is 2. The van der Waals surface area contributed by atoms with Gasteiger partial charge in [-0.3, -0.25) is 14.5 Å². The van der Waals surface area contributed by atoms with E-state index >= 15 is 0 Å². The van der Waals surface area contributed by atoms with Crippen LogP contribution in [0.25, 0.3) is 0 Å². The molecule has 0 radical (unpaired) electrons. The molecule has 9 nitrogen and oxygen atoms in total. The first-order valence-corrected chi connectivity index (χ1v) is 9.16. The van der Waals surface area contributed by atoms with Crippen LogP contribution in [0.4, 0.5) is 11.4 Å². The second-order valence-corrected chi connectivity index (χ2v) is 6.84. The highest BCUT2D eigenvalue weighted by Crippen LogP contribution is 2.33. The maximum atomic E-state index is 12.5. The number of nitrogens with zero attached hydrogens (tertiary/aromatic N) is 1. The lowest BCUT2D eigenvalue weighted by Crippen LogP contribution is -2.43. The zero-order valence-corrected chi connectivity index (χ0v) is 16.4. The molecule has 2 N–H and O–H groups in total. The number of carboxylic acids is 1. The van der Waals surface area contributed by atoms with Gasteiger partial charge in [-0.1, -0.05) is 0 Å². The van der Waals surface area contributed by atoms with E-state index in [9.17, 15) is 19.2 Å². The molecule has 0 atom stereocenters. The van der Waals surface area contributed by atoms with E-state index in [0.29, 0.717) is 17.0 Å². The number of fused-ring (bicyclic) bond motifs is 1. The van der Waals surface area contributed by atoms with Crippen molar-refractivity contribution in [3.05, 3.63) is 53.6 Å². The van der Waals surface area contributed by atoms with Crippen molar-refractivity contribution >= 4 is 35.1 Å². The van der Waals surface area contributed by atoms with Crippen molar-refractivity contribution in [2.24, 2.45) is 0 Å². The SMILES string of the molecule is CC(C)OC(=O)c1ccc(NC(=O)CN2C(=O)COc3ccc(C(=O)O)cc32)cc1. The number of carbonyl (C=O) groups excluding carboxylic acids is 3. The van der Waals surface area contributed by atoms with Crippen LogP contribution < -0.4 is 15.0 Å². The summed E-state index contributed by atoms with van der Waals surface area (Å²) in [4.78, 5) is 49.0. The molecule has 2 aromatic carbocycles. The second kappa shape index (κ2) is 8.64. The molecule has 156 valence electrons. The van der Waals surface area contributed by atoms with Gasteiger partial charge in [0.1, 0.15) is 12.3 Å². The van der Waals surface area contributed by atoms with Gasteiger partial charge < -0.3 is 19.9 Å². The minimum Gasteiger partial charge on any atom is -0.482 e. The first-order valence-electron chi connectivity index (χ1n) is 9.16. The molecule has 1 aliphatic heterocycles. The van der Waals surface area contributed by atoms with Crippen LogP contribution in [0.1, 0.15) is 34.6 Å². The summed E-state index contributed by atoms with van der Waals surface area (Å²) in [7, 11) is 0. The number of rotatable bonds is 6. The number of hydrogen-bond donors (Lipinski definition) is 2. The summed E-state index contributed by atoms with van der Waals surface area (Å²) in [6, 6.07) is 10.2. The van der Waals surface area contributed by atoms with E-state index in [1.165, 1.54) is 35.2 Å². The Morgan fingerprint density at radius 3 is 2.43 bits per heavy atom. The van der Waals surface area contributed by atoms with Crippen LogP contribution in [-0.4, -0.2) is 48.1 Å². The van der Waals surface area contributed by atoms with Gasteiger partial charge in [-0.05, 0) is 56.3 Å². The number of anilines is 2. The molecule has 9 heteroatoms. The van der Waals surface area contributed by atoms with Crippen LogP contribution in [0.5, 0.6) is 5.75 Å². The number of esters is 1. The van der Waals surface area contributed by atoms with E-state index in [-0.39, 0.29) is 30.5 Å². The minimum absolute atomic E-state index is 0.0265. The van der Waals surface area contributed by atoms with Gasteiger partial charge in [0.25, 0.3) is 5.91 Å². The number of carbonyl (C=O) groups is 4. The van der Waals surface area contributed by atoms with Crippen LogP contribution in [0.3, 0.4) is 0 Å². The predicted octanol–water partition coefficient (Wildman–Crippen LogP) is 2.31. The Balaban J connectivity index is 1.71. The Labute approximate surface area is 172 Å². The number of ether oxygens (including phenoxy) is 2. The van der Waals surface area contributed by atoms with Crippen molar-refractivity contribution in [2.75, 3.05) is 23.4 Å². The van der Waals surface area contributed by atoms with E-state index in [2.05, 4.69) is 5.32 Å². The maximum Gasteiger partial charge on any atom is 0.338 e. The average molecular weight is 412 g/mol. The molecular weight excluding hydrogens is 392 g/mol. The molecule has 30 heavy (non-hydrogen) atoms. The van der Waals surface area contributed by atoms with Crippen molar-refractivity contribution in [3.63, 3.8) is 0 Å². The molecule has 1 aliphatic rings. The van der Waals surface area contributed by atoms with E-state index in [1.807, 2.05) is 0 Å².